The second-order valence-electron chi connectivity index (χ2n) is 6.82. The number of aliphatic imine (C=N–C) groups is 1. The zero-order valence-corrected chi connectivity index (χ0v) is 14.1. The van der Waals surface area contributed by atoms with Gasteiger partial charge in [-0.2, -0.15) is 0 Å². The van der Waals surface area contributed by atoms with Gasteiger partial charge in [-0.3, -0.25) is 4.99 Å². The fraction of sp³-hybridized carbons (Fsp3) is 0.875. The number of piperidine rings is 1. The van der Waals surface area contributed by atoms with E-state index in [1.807, 2.05) is 6.92 Å². The van der Waals surface area contributed by atoms with Crippen LogP contribution >= 0.6 is 0 Å². The van der Waals surface area contributed by atoms with Crippen LogP contribution in [-0.4, -0.2) is 49.2 Å². The third kappa shape index (κ3) is 4.27. The van der Waals surface area contributed by atoms with Crippen LogP contribution in [0.25, 0.3) is 0 Å². The van der Waals surface area contributed by atoms with Gasteiger partial charge in [0.1, 0.15) is 0 Å². The van der Waals surface area contributed by atoms with Gasteiger partial charge in [0.05, 0.1) is 6.61 Å². The number of amides is 1. The third-order valence-electron chi connectivity index (χ3n) is 5.05. The smallest absolute Gasteiger partial charge is 0.409 e. The van der Waals surface area contributed by atoms with Crippen LogP contribution in [0.15, 0.2) is 4.99 Å². The van der Waals surface area contributed by atoms with Crippen molar-refractivity contribution in [1.82, 2.24) is 10.2 Å². The number of carbonyl (C=O) groups excluding carboxylic acids is 1. The highest BCUT2D eigenvalue weighted by Crippen LogP contribution is 2.51. The molecule has 0 spiro atoms. The molecular weight excluding hydrogens is 280 g/mol. The Morgan fingerprint density at radius 2 is 2.05 bits per heavy atom. The lowest BCUT2D eigenvalue weighted by Gasteiger charge is -2.31. The summed E-state index contributed by atoms with van der Waals surface area (Å²) in [4.78, 5) is 17.9. The van der Waals surface area contributed by atoms with Crippen molar-refractivity contribution in [2.45, 2.75) is 52.5 Å². The van der Waals surface area contributed by atoms with Crippen LogP contribution in [0.1, 0.15) is 46.5 Å². The minimum Gasteiger partial charge on any atom is -0.450 e. The Hall–Kier alpha value is -1.46. The highest BCUT2D eigenvalue weighted by Gasteiger charge is 2.45. The molecule has 3 N–H and O–H groups in total. The molecule has 1 heterocycles. The summed E-state index contributed by atoms with van der Waals surface area (Å²) in [6.45, 7) is 9.01. The second-order valence-corrected chi connectivity index (χ2v) is 6.82. The van der Waals surface area contributed by atoms with Crippen molar-refractivity contribution in [2.75, 3.05) is 26.2 Å². The van der Waals surface area contributed by atoms with Crippen LogP contribution in [0.3, 0.4) is 0 Å². The highest BCUT2D eigenvalue weighted by molar-refractivity contribution is 5.78. The summed E-state index contributed by atoms with van der Waals surface area (Å²) < 4.78 is 5.02. The van der Waals surface area contributed by atoms with E-state index in [0.717, 1.165) is 19.4 Å². The topological polar surface area (TPSA) is 80.0 Å². The summed E-state index contributed by atoms with van der Waals surface area (Å²) in [6.07, 6.45) is 4.07. The SMILES string of the molecule is CCOC(=O)N1CCC(NC(N)=NCC2(C(C)C)CC2)CC1. The molecule has 0 aromatic heterocycles. The van der Waals surface area contributed by atoms with E-state index in [9.17, 15) is 4.79 Å². The van der Waals surface area contributed by atoms with Crippen LogP contribution in [0.4, 0.5) is 4.79 Å². The monoisotopic (exact) mass is 310 g/mol. The van der Waals surface area contributed by atoms with Gasteiger partial charge in [-0.05, 0) is 43.9 Å². The van der Waals surface area contributed by atoms with Crippen molar-refractivity contribution >= 4 is 12.1 Å². The highest BCUT2D eigenvalue weighted by atomic mass is 16.6. The molecule has 0 atom stereocenters. The molecule has 1 aliphatic heterocycles. The molecule has 6 nitrogen and oxygen atoms in total. The van der Waals surface area contributed by atoms with Crippen LogP contribution in [0.2, 0.25) is 0 Å². The quantitative estimate of drug-likeness (QED) is 0.601. The number of hydrogen-bond donors (Lipinski definition) is 2. The van der Waals surface area contributed by atoms with Crippen molar-refractivity contribution in [3.63, 3.8) is 0 Å². The number of ether oxygens (including phenoxy) is 1. The maximum atomic E-state index is 11.6. The number of carbonyl (C=O) groups is 1. The average molecular weight is 310 g/mol. The summed E-state index contributed by atoms with van der Waals surface area (Å²) in [5.74, 6) is 1.21. The average Bonchev–Trinajstić information content (AvgIpc) is 3.27. The van der Waals surface area contributed by atoms with E-state index in [4.69, 9.17) is 10.5 Å². The molecule has 126 valence electrons. The molecule has 1 amide bonds. The van der Waals surface area contributed by atoms with Crippen molar-refractivity contribution in [3.05, 3.63) is 0 Å². The number of nitrogens with one attached hydrogen (secondary N) is 1. The number of guanidine groups is 1. The predicted octanol–water partition coefficient (Wildman–Crippen LogP) is 1.95. The van der Waals surface area contributed by atoms with Gasteiger partial charge >= 0.3 is 6.09 Å². The zero-order chi connectivity index (χ0) is 16.2. The van der Waals surface area contributed by atoms with Crippen molar-refractivity contribution in [1.29, 1.82) is 0 Å². The van der Waals surface area contributed by atoms with Crippen LogP contribution in [-0.2, 0) is 4.74 Å². The maximum absolute atomic E-state index is 11.6. The van der Waals surface area contributed by atoms with E-state index < -0.39 is 0 Å². The van der Waals surface area contributed by atoms with E-state index in [2.05, 4.69) is 24.2 Å². The summed E-state index contributed by atoms with van der Waals surface area (Å²) in [5.41, 5.74) is 6.40. The lowest BCUT2D eigenvalue weighted by atomic mass is 9.93. The Labute approximate surface area is 133 Å². The van der Waals surface area contributed by atoms with Crippen LogP contribution in [0, 0.1) is 11.3 Å². The minimum atomic E-state index is -0.213. The molecule has 2 aliphatic rings. The van der Waals surface area contributed by atoms with Crippen molar-refractivity contribution in [2.24, 2.45) is 22.1 Å². The minimum absolute atomic E-state index is 0.213. The van der Waals surface area contributed by atoms with Gasteiger partial charge < -0.3 is 20.7 Å². The number of nitrogens with two attached hydrogens (primary N) is 1. The molecule has 6 heteroatoms. The summed E-state index contributed by atoms with van der Waals surface area (Å²) >= 11 is 0. The van der Waals surface area contributed by atoms with Gasteiger partial charge in [0, 0.05) is 25.7 Å². The first kappa shape index (κ1) is 16.9. The maximum Gasteiger partial charge on any atom is 0.409 e. The van der Waals surface area contributed by atoms with E-state index >= 15 is 0 Å². The largest absolute Gasteiger partial charge is 0.450 e. The zero-order valence-electron chi connectivity index (χ0n) is 14.1. The van der Waals surface area contributed by atoms with Gasteiger partial charge in [-0.15, -0.1) is 0 Å². The van der Waals surface area contributed by atoms with Gasteiger partial charge in [0.15, 0.2) is 5.96 Å². The Balaban J connectivity index is 1.72. The molecule has 0 radical (unpaired) electrons. The Morgan fingerprint density at radius 3 is 2.55 bits per heavy atom. The standard InChI is InChI=1S/C16H30N4O2/c1-4-22-15(21)20-9-5-13(6-10-20)19-14(17)18-11-16(7-8-16)12(2)3/h12-13H,4-11H2,1-3H3,(H3,17,18,19). The third-order valence-corrected chi connectivity index (χ3v) is 5.05. The first-order valence-electron chi connectivity index (χ1n) is 8.45. The Bertz CT molecular complexity index is 410. The molecule has 1 aliphatic carbocycles. The molecule has 1 saturated heterocycles. The predicted molar refractivity (Wildman–Crippen MR) is 87.7 cm³/mol. The van der Waals surface area contributed by atoms with E-state index in [1.165, 1.54) is 12.8 Å². The van der Waals surface area contributed by atoms with Crippen LogP contribution in [0.5, 0.6) is 0 Å². The van der Waals surface area contributed by atoms with Crippen molar-refractivity contribution in [3.8, 4) is 0 Å². The van der Waals surface area contributed by atoms with E-state index in [0.29, 0.717) is 43.0 Å². The van der Waals surface area contributed by atoms with E-state index in [1.54, 1.807) is 4.90 Å². The first-order valence-corrected chi connectivity index (χ1v) is 8.45. The van der Waals surface area contributed by atoms with Gasteiger partial charge in [-0.25, -0.2) is 4.79 Å². The Kier molecular flexibility index (Phi) is 5.53. The van der Waals surface area contributed by atoms with E-state index in [-0.39, 0.29) is 6.09 Å². The molecule has 0 unspecified atom stereocenters. The summed E-state index contributed by atoms with van der Waals surface area (Å²) in [6, 6.07) is 0.295. The van der Waals surface area contributed by atoms with Gasteiger partial charge in [0.25, 0.3) is 0 Å². The normalized spacial score (nSPS) is 21.8. The molecule has 2 rings (SSSR count). The number of likely N-dealkylation sites (tertiary alicyclic amines) is 1. The molecule has 22 heavy (non-hydrogen) atoms. The molecule has 2 fully saturated rings. The molecule has 1 saturated carbocycles. The summed E-state index contributed by atoms with van der Waals surface area (Å²) in [5, 5.41) is 3.30. The number of rotatable bonds is 5. The summed E-state index contributed by atoms with van der Waals surface area (Å²) in [7, 11) is 0. The fourth-order valence-electron chi connectivity index (χ4n) is 3.00. The molecule has 0 aromatic carbocycles. The van der Waals surface area contributed by atoms with Gasteiger partial charge in [-0.1, -0.05) is 13.8 Å². The molecular formula is C16H30N4O2. The lowest BCUT2D eigenvalue weighted by molar-refractivity contribution is 0.0963. The lowest BCUT2D eigenvalue weighted by Crippen LogP contribution is -2.48. The number of nitrogens with zero attached hydrogens (tertiary/aromatic N) is 2. The first-order chi connectivity index (χ1) is 10.5. The Morgan fingerprint density at radius 1 is 1.41 bits per heavy atom. The van der Waals surface area contributed by atoms with Crippen molar-refractivity contribution < 1.29 is 9.53 Å². The van der Waals surface area contributed by atoms with Crippen LogP contribution < -0.4 is 11.1 Å². The molecule has 0 aromatic rings. The second kappa shape index (κ2) is 7.20. The van der Waals surface area contributed by atoms with Gasteiger partial charge in [0.2, 0.25) is 0 Å². The number of hydrogen-bond acceptors (Lipinski definition) is 3. The fourth-order valence-corrected chi connectivity index (χ4v) is 3.00. The molecule has 0 bridgehead atoms.